The van der Waals surface area contributed by atoms with Gasteiger partial charge in [0.05, 0.1) is 11.0 Å². The second-order valence-electron chi connectivity index (χ2n) is 9.97. The van der Waals surface area contributed by atoms with Crippen molar-refractivity contribution in [1.29, 1.82) is 0 Å². The first-order valence-corrected chi connectivity index (χ1v) is 13.6. The van der Waals surface area contributed by atoms with Gasteiger partial charge in [-0.1, -0.05) is 109 Å². The molecule has 0 saturated carbocycles. The Hall–Kier alpha value is -5.68. The Labute approximate surface area is 236 Å². The van der Waals surface area contributed by atoms with E-state index in [9.17, 15) is 0 Å². The fraction of sp³-hybridized carbons (Fsp3) is 0. The molecule has 0 aliphatic carbocycles. The van der Waals surface area contributed by atoms with Gasteiger partial charge in [-0.05, 0) is 35.0 Å². The molecule has 0 unspecified atom stereocenters. The maximum atomic E-state index is 4.93. The number of rotatable bonds is 4. The lowest BCUT2D eigenvalue weighted by Crippen LogP contribution is -2.02. The van der Waals surface area contributed by atoms with Crippen LogP contribution in [0.3, 0.4) is 0 Å². The molecule has 0 N–H and O–H groups in total. The van der Waals surface area contributed by atoms with Gasteiger partial charge in [-0.2, -0.15) is 0 Å². The van der Waals surface area contributed by atoms with Gasteiger partial charge in [0.1, 0.15) is 5.82 Å². The Bertz CT molecular complexity index is 2140. The van der Waals surface area contributed by atoms with Crippen LogP contribution in [0, 0.1) is 0 Å². The molecule has 8 aromatic rings. The molecule has 5 heteroatoms. The molecule has 8 rings (SSSR count). The molecular weight excluding hydrogens is 502 g/mol. The third-order valence-corrected chi connectivity index (χ3v) is 7.49. The number of aromatic nitrogens is 5. The normalized spacial score (nSPS) is 11.4. The van der Waals surface area contributed by atoms with E-state index in [0.29, 0.717) is 17.5 Å². The first-order valence-electron chi connectivity index (χ1n) is 13.6. The zero-order valence-electron chi connectivity index (χ0n) is 22.0. The highest BCUT2D eigenvalue weighted by Crippen LogP contribution is 2.37. The minimum atomic E-state index is 0.604. The van der Waals surface area contributed by atoms with Gasteiger partial charge in [-0.3, -0.25) is 4.57 Å². The molecule has 0 radical (unpaired) electrons. The molecule has 0 aliphatic heterocycles. The third kappa shape index (κ3) is 3.95. The van der Waals surface area contributed by atoms with Crippen molar-refractivity contribution in [1.82, 2.24) is 24.5 Å². The van der Waals surface area contributed by atoms with Crippen LogP contribution in [0.15, 0.2) is 140 Å². The number of hydrogen-bond acceptors (Lipinski definition) is 4. The Morgan fingerprint density at radius 1 is 0.439 bits per heavy atom. The molecule has 192 valence electrons. The summed E-state index contributed by atoms with van der Waals surface area (Å²) in [5.41, 5.74) is 4.97. The van der Waals surface area contributed by atoms with Crippen LogP contribution in [0.4, 0.5) is 0 Å². The van der Waals surface area contributed by atoms with Crippen molar-refractivity contribution in [2.45, 2.75) is 0 Å². The summed E-state index contributed by atoms with van der Waals surface area (Å²) in [4.78, 5) is 19.5. The van der Waals surface area contributed by atoms with Crippen molar-refractivity contribution in [3.05, 3.63) is 140 Å². The Kier molecular flexibility index (Phi) is 5.38. The highest BCUT2D eigenvalue weighted by atomic mass is 15.1. The molecule has 41 heavy (non-hydrogen) atoms. The van der Waals surface area contributed by atoms with Crippen LogP contribution in [-0.2, 0) is 0 Å². The molecule has 0 fully saturated rings. The van der Waals surface area contributed by atoms with Gasteiger partial charge in [0, 0.05) is 33.7 Å². The standard InChI is InChI=1S/C36H23N5/c1-3-12-25(13-4-1)34-38-35(26-14-5-2-6-15-26)40-36(39-34)27-21-22-37-32(23-27)41-30-18-10-9-17-29(30)33-28-16-8-7-11-24(28)19-20-31(33)41/h1-23H. The topological polar surface area (TPSA) is 56.5 Å². The number of hydrogen-bond donors (Lipinski definition) is 0. The summed E-state index contributed by atoms with van der Waals surface area (Å²) >= 11 is 0. The lowest BCUT2D eigenvalue weighted by Gasteiger charge is -2.11. The summed E-state index contributed by atoms with van der Waals surface area (Å²) in [5.74, 6) is 2.69. The predicted octanol–water partition coefficient (Wildman–Crippen LogP) is 8.52. The minimum Gasteiger partial charge on any atom is -0.294 e. The van der Waals surface area contributed by atoms with Crippen LogP contribution in [-0.4, -0.2) is 24.5 Å². The smallest absolute Gasteiger partial charge is 0.164 e. The zero-order valence-corrected chi connectivity index (χ0v) is 22.0. The largest absolute Gasteiger partial charge is 0.294 e. The number of benzene rings is 5. The lowest BCUT2D eigenvalue weighted by atomic mass is 10.0. The first-order chi connectivity index (χ1) is 20.3. The molecule has 0 amide bonds. The fourth-order valence-electron chi connectivity index (χ4n) is 5.60. The molecule has 3 aromatic heterocycles. The Balaban J connectivity index is 1.35. The van der Waals surface area contributed by atoms with E-state index < -0.39 is 0 Å². The van der Waals surface area contributed by atoms with Crippen molar-refractivity contribution in [3.8, 4) is 40.0 Å². The van der Waals surface area contributed by atoms with Gasteiger partial charge < -0.3 is 0 Å². The maximum Gasteiger partial charge on any atom is 0.164 e. The summed E-state index contributed by atoms with van der Waals surface area (Å²) in [7, 11) is 0. The highest BCUT2D eigenvalue weighted by Gasteiger charge is 2.17. The molecule has 0 saturated heterocycles. The average Bonchev–Trinajstić information content (AvgIpc) is 3.40. The molecule has 0 atom stereocenters. The number of fused-ring (bicyclic) bond motifs is 5. The van der Waals surface area contributed by atoms with Crippen LogP contribution in [0.25, 0.3) is 72.6 Å². The van der Waals surface area contributed by atoms with Gasteiger partial charge in [-0.25, -0.2) is 19.9 Å². The van der Waals surface area contributed by atoms with Crippen LogP contribution in [0.5, 0.6) is 0 Å². The summed E-state index contributed by atoms with van der Waals surface area (Å²) in [5, 5.41) is 4.87. The SMILES string of the molecule is c1ccc(-c2nc(-c3ccccc3)nc(-c3ccnc(-n4c5ccccc5c5c6ccccc6ccc54)c3)n2)cc1. The quantitative estimate of drug-likeness (QED) is 0.231. The molecule has 0 aliphatic rings. The number of para-hydroxylation sites is 1. The second kappa shape index (κ2) is 9.50. The molecule has 5 aromatic carbocycles. The Morgan fingerprint density at radius 2 is 1.02 bits per heavy atom. The van der Waals surface area contributed by atoms with Gasteiger partial charge in [0.25, 0.3) is 0 Å². The van der Waals surface area contributed by atoms with Crippen LogP contribution in [0.1, 0.15) is 0 Å². The van der Waals surface area contributed by atoms with Crippen molar-refractivity contribution >= 4 is 32.6 Å². The number of pyridine rings is 1. The predicted molar refractivity (Wildman–Crippen MR) is 166 cm³/mol. The second-order valence-corrected chi connectivity index (χ2v) is 9.97. The van der Waals surface area contributed by atoms with E-state index in [4.69, 9.17) is 19.9 Å². The van der Waals surface area contributed by atoms with Gasteiger partial charge in [-0.15, -0.1) is 0 Å². The van der Waals surface area contributed by atoms with E-state index in [-0.39, 0.29) is 0 Å². The summed E-state index contributed by atoms with van der Waals surface area (Å²) in [6.45, 7) is 0. The molecular formula is C36H23N5. The monoisotopic (exact) mass is 525 g/mol. The highest BCUT2D eigenvalue weighted by molar-refractivity contribution is 6.21. The van der Waals surface area contributed by atoms with Gasteiger partial charge >= 0.3 is 0 Å². The van der Waals surface area contributed by atoms with Crippen molar-refractivity contribution < 1.29 is 0 Å². The van der Waals surface area contributed by atoms with E-state index >= 15 is 0 Å². The minimum absolute atomic E-state index is 0.604. The Morgan fingerprint density at radius 3 is 1.73 bits per heavy atom. The van der Waals surface area contributed by atoms with E-state index in [1.54, 1.807) is 0 Å². The van der Waals surface area contributed by atoms with E-state index in [1.165, 1.54) is 21.5 Å². The fourth-order valence-corrected chi connectivity index (χ4v) is 5.60. The molecule has 5 nitrogen and oxygen atoms in total. The zero-order chi connectivity index (χ0) is 27.2. The summed E-state index contributed by atoms with van der Waals surface area (Å²) < 4.78 is 2.23. The van der Waals surface area contributed by atoms with Crippen LogP contribution >= 0.6 is 0 Å². The van der Waals surface area contributed by atoms with Gasteiger partial charge in [0.15, 0.2) is 17.5 Å². The van der Waals surface area contributed by atoms with Gasteiger partial charge in [0.2, 0.25) is 0 Å². The van der Waals surface area contributed by atoms with Crippen molar-refractivity contribution in [2.75, 3.05) is 0 Å². The van der Waals surface area contributed by atoms with Crippen molar-refractivity contribution in [3.63, 3.8) is 0 Å². The first kappa shape index (κ1) is 23.2. The van der Waals surface area contributed by atoms with E-state index in [1.807, 2.05) is 72.9 Å². The van der Waals surface area contributed by atoms with E-state index in [2.05, 4.69) is 71.3 Å². The molecule has 0 bridgehead atoms. The van der Waals surface area contributed by atoms with Crippen LogP contribution < -0.4 is 0 Å². The third-order valence-electron chi connectivity index (χ3n) is 7.49. The molecule has 3 heterocycles. The summed E-state index contributed by atoms with van der Waals surface area (Å²) in [6.07, 6.45) is 1.83. The average molecular weight is 526 g/mol. The lowest BCUT2D eigenvalue weighted by molar-refractivity contribution is 1.05. The van der Waals surface area contributed by atoms with Crippen LogP contribution in [0.2, 0.25) is 0 Å². The van der Waals surface area contributed by atoms with Crippen molar-refractivity contribution in [2.24, 2.45) is 0 Å². The number of nitrogens with zero attached hydrogens (tertiary/aromatic N) is 5. The maximum absolute atomic E-state index is 4.93. The summed E-state index contributed by atoms with van der Waals surface area (Å²) in [6, 6.07) is 45.5. The molecule has 0 spiro atoms. The van der Waals surface area contributed by atoms with E-state index in [0.717, 1.165) is 33.5 Å².